The Morgan fingerprint density at radius 2 is 2.41 bits per heavy atom. The molecule has 7 heteroatoms. The topological polar surface area (TPSA) is 111 Å². The number of anilines is 1. The summed E-state index contributed by atoms with van der Waals surface area (Å²) in [5.41, 5.74) is 5.91. The molecular weight excluding hydrogens is 220 g/mol. The summed E-state index contributed by atoms with van der Waals surface area (Å²) >= 11 is 0. The van der Waals surface area contributed by atoms with Crippen molar-refractivity contribution < 1.29 is 4.79 Å². The summed E-state index contributed by atoms with van der Waals surface area (Å²) in [4.78, 5) is 19.3. The van der Waals surface area contributed by atoms with Gasteiger partial charge in [-0.3, -0.25) is 15.6 Å². The summed E-state index contributed by atoms with van der Waals surface area (Å²) in [5.74, 6) is 0.541. The van der Waals surface area contributed by atoms with E-state index in [1.807, 2.05) is 0 Å². The van der Waals surface area contributed by atoms with E-state index in [1.165, 1.54) is 4.90 Å². The number of nitrogens with one attached hydrogen (secondary N) is 3. The Kier molecular flexibility index (Phi) is 4.50. The Labute approximate surface area is 99.9 Å². The molecule has 0 unspecified atom stereocenters. The zero-order chi connectivity index (χ0) is 12.8. The lowest BCUT2D eigenvalue weighted by molar-refractivity contribution is 0.253. The first-order valence-electron chi connectivity index (χ1n) is 5.47. The van der Waals surface area contributed by atoms with E-state index in [0.717, 1.165) is 25.0 Å². The molecule has 0 radical (unpaired) electrons. The van der Waals surface area contributed by atoms with Crippen LogP contribution in [0.4, 0.5) is 10.6 Å². The van der Waals surface area contributed by atoms with Crippen molar-refractivity contribution in [2.24, 2.45) is 5.73 Å². The zero-order valence-electron chi connectivity index (χ0n) is 10.1. The molecule has 5 N–H and O–H groups in total. The number of rotatable bonds is 4. The Morgan fingerprint density at radius 1 is 1.71 bits per heavy atom. The first-order valence-corrected chi connectivity index (χ1v) is 5.47. The third-order valence-electron chi connectivity index (χ3n) is 2.37. The molecule has 1 aromatic rings. The van der Waals surface area contributed by atoms with Crippen LogP contribution in [0.1, 0.15) is 25.5 Å². The van der Waals surface area contributed by atoms with Crippen LogP contribution in [0, 0.1) is 5.41 Å². The molecule has 17 heavy (non-hydrogen) atoms. The first kappa shape index (κ1) is 13.0. The van der Waals surface area contributed by atoms with E-state index >= 15 is 0 Å². The van der Waals surface area contributed by atoms with Crippen LogP contribution in [0.25, 0.3) is 0 Å². The molecule has 0 aromatic carbocycles. The van der Waals surface area contributed by atoms with E-state index in [2.05, 4.69) is 22.2 Å². The van der Waals surface area contributed by atoms with Crippen LogP contribution in [-0.2, 0) is 6.42 Å². The minimum atomic E-state index is -0.757. The van der Waals surface area contributed by atoms with Gasteiger partial charge in [0.15, 0.2) is 5.82 Å². The summed E-state index contributed by atoms with van der Waals surface area (Å²) in [5, 5.41) is 9.84. The predicted octanol–water partition coefficient (Wildman–Crippen LogP) is 0.792. The van der Waals surface area contributed by atoms with Gasteiger partial charge in [-0.1, -0.05) is 13.3 Å². The maximum atomic E-state index is 10.7. The van der Waals surface area contributed by atoms with Gasteiger partial charge in [-0.05, 0) is 12.8 Å². The maximum Gasteiger partial charge on any atom is 0.318 e. The molecule has 0 spiro atoms. The number of primary amides is 1. The van der Waals surface area contributed by atoms with Crippen LogP contribution >= 0.6 is 0 Å². The summed E-state index contributed by atoms with van der Waals surface area (Å²) in [6.45, 7) is 2.11. The van der Waals surface area contributed by atoms with Crippen molar-refractivity contribution in [3.63, 3.8) is 0 Å². The van der Waals surface area contributed by atoms with E-state index in [4.69, 9.17) is 11.1 Å². The molecule has 0 saturated carbocycles. The van der Waals surface area contributed by atoms with Gasteiger partial charge in [0.25, 0.3) is 0 Å². The molecule has 0 aliphatic rings. The predicted molar refractivity (Wildman–Crippen MR) is 66.0 cm³/mol. The largest absolute Gasteiger partial charge is 0.351 e. The number of hydrogen-bond acceptors (Lipinski definition) is 3. The molecule has 1 heterocycles. The highest BCUT2D eigenvalue weighted by Gasteiger charge is 2.14. The molecule has 0 saturated heterocycles. The number of carbonyl (C=O) groups excluding carboxylic acids is 1. The molecule has 1 aromatic heterocycles. The zero-order valence-corrected chi connectivity index (χ0v) is 10.1. The minimum Gasteiger partial charge on any atom is -0.351 e. The molecule has 0 bridgehead atoms. The smallest absolute Gasteiger partial charge is 0.318 e. The summed E-state index contributed by atoms with van der Waals surface area (Å²) in [7, 11) is 1.66. The van der Waals surface area contributed by atoms with Gasteiger partial charge >= 0.3 is 6.03 Å². The molecular formula is C10H18N6O. The van der Waals surface area contributed by atoms with Crippen molar-refractivity contribution in [3.8, 4) is 0 Å². The van der Waals surface area contributed by atoms with E-state index < -0.39 is 6.03 Å². The van der Waals surface area contributed by atoms with Crippen LogP contribution in [-0.4, -0.2) is 29.0 Å². The average molecular weight is 238 g/mol. The highest BCUT2D eigenvalue weighted by molar-refractivity contribution is 6.02. The van der Waals surface area contributed by atoms with Crippen LogP contribution < -0.4 is 16.0 Å². The van der Waals surface area contributed by atoms with E-state index in [1.54, 1.807) is 13.4 Å². The average Bonchev–Trinajstić information content (AvgIpc) is 2.72. The third kappa shape index (κ3) is 3.47. The van der Waals surface area contributed by atoms with Crippen molar-refractivity contribution in [2.45, 2.75) is 26.2 Å². The lowest BCUT2D eigenvalue weighted by atomic mass is 10.2. The van der Waals surface area contributed by atoms with Gasteiger partial charge in [-0.2, -0.15) is 0 Å². The second-order valence-electron chi connectivity index (χ2n) is 3.71. The van der Waals surface area contributed by atoms with E-state index in [-0.39, 0.29) is 5.96 Å². The number of amides is 2. The number of nitrogens with zero attached hydrogens (tertiary/aromatic N) is 2. The molecule has 0 aliphatic carbocycles. The molecule has 94 valence electrons. The van der Waals surface area contributed by atoms with Gasteiger partial charge in [0, 0.05) is 7.05 Å². The Morgan fingerprint density at radius 3 is 3.00 bits per heavy atom. The third-order valence-corrected chi connectivity index (χ3v) is 2.37. The fourth-order valence-electron chi connectivity index (χ4n) is 1.45. The number of H-pyrrole nitrogens is 1. The van der Waals surface area contributed by atoms with E-state index in [0.29, 0.717) is 5.82 Å². The quantitative estimate of drug-likeness (QED) is 0.459. The standard InChI is InChI=1S/C10H18N6O/c1-3-4-5-7-8(14-6-13-7)16(2)9(11)15-10(12)17/h6H,3-5H2,1-2H3,(H,13,14)(H4,11,12,15,17). The van der Waals surface area contributed by atoms with Crippen LogP contribution in [0.2, 0.25) is 0 Å². The van der Waals surface area contributed by atoms with Crippen LogP contribution in [0.5, 0.6) is 0 Å². The van der Waals surface area contributed by atoms with Crippen molar-refractivity contribution >= 4 is 17.8 Å². The number of unbranched alkanes of at least 4 members (excludes halogenated alkanes) is 1. The fraction of sp³-hybridized carbons (Fsp3) is 0.500. The van der Waals surface area contributed by atoms with Gasteiger partial charge in [0.05, 0.1) is 12.0 Å². The first-order chi connectivity index (χ1) is 8.06. The SMILES string of the molecule is CCCCc1[nH]cnc1N(C)C(=N)NC(N)=O. The molecule has 1 rings (SSSR count). The summed E-state index contributed by atoms with van der Waals surface area (Å²) in [6.07, 6.45) is 4.56. The Balaban J connectivity index is 2.74. The van der Waals surface area contributed by atoms with Crippen molar-refractivity contribution in [3.05, 3.63) is 12.0 Å². The van der Waals surface area contributed by atoms with Gasteiger partial charge in [0.2, 0.25) is 5.96 Å². The highest BCUT2D eigenvalue weighted by atomic mass is 16.2. The number of urea groups is 1. The number of hydrogen-bond donors (Lipinski definition) is 4. The van der Waals surface area contributed by atoms with Crippen molar-refractivity contribution in [2.75, 3.05) is 11.9 Å². The molecule has 7 nitrogen and oxygen atoms in total. The molecule has 0 aliphatic heterocycles. The second kappa shape index (κ2) is 5.88. The van der Waals surface area contributed by atoms with Gasteiger partial charge < -0.3 is 10.7 Å². The fourth-order valence-corrected chi connectivity index (χ4v) is 1.45. The lowest BCUT2D eigenvalue weighted by Gasteiger charge is -2.18. The number of carbonyl (C=O) groups is 1. The van der Waals surface area contributed by atoms with Gasteiger partial charge in [-0.25, -0.2) is 9.78 Å². The number of aromatic amines is 1. The number of aryl methyl sites for hydroxylation is 1. The monoisotopic (exact) mass is 238 g/mol. The Bertz CT molecular complexity index is 399. The molecule has 2 amide bonds. The number of aromatic nitrogens is 2. The number of imidazole rings is 1. The molecule has 0 atom stereocenters. The Hall–Kier alpha value is -2.05. The molecule has 0 fully saturated rings. The maximum absolute atomic E-state index is 10.7. The van der Waals surface area contributed by atoms with Crippen molar-refractivity contribution in [1.82, 2.24) is 15.3 Å². The summed E-state index contributed by atoms with van der Waals surface area (Å²) < 4.78 is 0. The normalized spacial score (nSPS) is 10.0. The van der Waals surface area contributed by atoms with Crippen LogP contribution in [0.3, 0.4) is 0 Å². The summed E-state index contributed by atoms with van der Waals surface area (Å²) in [6, 6.07) is -0.757. The van der Waals surface area contributed by atoms with Crippen molar-refractivity contribution in [1.29, 1.82) is 5.41 Å². The lowest BCUT2D eigenvalue weighted by Crippen LogP contribution is -2.44. The van der Waals surface area contributed by atoms with E-state index in [9.17, 15) is 4.79 Å². The number of guanidine groups is 1. The van der Waals surface area contributed by atoms with Gasteiger partial charge in [0.1, 0.15) is 0 Å². The van der Waals surface area contributed by atoms with Gasteiger partial charge in [-0.15, -0.1) is 0 Å². The minimum absolute atomic E-state index is 0.0950. The number of nitrogens with two attached hydrogens (primary N) is 1. The van der Waals surface area contributed by atoms with Crippen LogP contribution in [0.15, 0.2) is 6.33 Å². The highest BCUT2D eigenvalue weighted by Crippen LogP contribution is 2.16. The second-order valence-corrected chi connectivity index (χ2v) is 3.71.